The van der Waals surface area contributed by atoms with Crippen LogP contribution >= 0.6 is 0 Å². The molecule has 0 radical (unpaired) electrons. The van der Waals surface area contributed by atoms with Crippen molar-refractivity contribution in [3.63, 3.8) is 0 Å². The molecule has 1 atom stereocenters. The third-order valence-corrected chi connectivity index (χ3v) is 5.44. The van der Waals surface area contributed by atoms with E-state index in [0.29, 0.717) is 0 Å². The fraction of sp³-hybridized carbons (Fsp3) is 0.450. The summed E-state index contributed by atoms with van der Waals surface area (Å²) < 4.78 is 0. The first-order valence-electron chi connectivity index (χ1n) is 9.39. The van der Waals surface area contributed by atoms with Crippen molar-refractivity contribution >= 4 is 17.5 Å². The van der Waals surface area contributed by atoms with Gasteiger partial charge in [0.25, 0.3) is 0 Å². The Morgan fingerprint density at radius 2 is 1.81 bits per heavy atom. The Hall–Kier alpha value is -2.47. The van der Waals surface area contributed by atoms with Crippen molar-refractivity contribution in [2.24, 2.45) is 0 Å². The van der Waals surface area contributed by atoms with E-state index in [1.165, 1.54) is 17.5 Å². The molecule has 0 bridgehead atoms. The van der Waals surface area contributed by atoms with Gasteiger partial charge in [-0.3, -0.25) is 9.69 Å². The number of rotatable bonds is 4. The molecule has 26 heavy (non-hydrogen) atoms. The third kappa shape index (κ3) is 3.55. The fourth-order valence-electron chi connectivity index (χ4n) is 3.83. The largest absolute Gasteiger partial charge is 0.338 e. The predicted molar refractivity (Wildman–Crippen MR) is 102 cm³/mol. The molecule has 6 nitrogen and oxygen atoms in total. The van der Waals surface area contributed by atoms with Crippen LogP contribution < -0.4 is 10.2 Å². The number of benzene rings is 1. The van der Waals surface area contributed by atoms with Crippen molar-refractivity contribution < 1.29 is 4.79 Å². The summed E-state index contributed by atoms with van der Waals surface area (Å²) in [6, 6.07) is 7.99. The molecular formula is C20H25N5O. The van der Waals surface area contributed by atoms with Crippen molar-refractivity contribution in [1.29, 1.82) is 0 Å². The van der Waals surface area contributed by atoms with Crippen LogP contribution in [0.25, 0.3) is 0 Å². The lowest BCUT2D eigenvalue weighted by molar-refractivity contribution is -0.120. The molecule has 1 saturated heterocycles. The van der Waals surface area contributed by atoms with E-state index in [-0.39, 0.29) is 11.9 Å². The zero-order valence-corrected chi connectivity index (χ0v) is 15.2. The summed E-state index contributed by atoms with van der Waals surface area (Å²) in [5.41, 5.74) is 3.72. The molecule has 1 aromatic carbocycles. The van der Waals surface area contributed by atoms with Gasteiger partial charge in [0.05, 0.1) is 6.04 Å². The van der Waals surface area contributed by atoms with Gasteiger partial charge in [0.1, 0.15) is 0 Å². The second kappa shape index (κ2) is 7.41. The zero-order valence-electron chi connectivity index (χ0n) is 15.2. The Bertz CT molecular complexity index is 771. The van der Waals surface area contributed by atoms with Gasteiger partial charge in [-0.05, 0) is 55.5 Å². The van der Waals surface area contributed by atoms with Crippen LogP contribution in [0.4, 0.5) is 11.6 Å². The van der Waals surface area contributed by atoms with Gasteiger partial charge >= 0.3 is 0 Å². The second-order valence-corrected chi connectivity index (χ2v) is 7.07. The minimum atomic E-state index is -0.151. The van der Waals surface area contributed by atoms with E-state index in [9.17, 15) is 4.79 Å². The molecule has 2 heterocycles. The zero-order chi connectivity index (χ0) is 17.9. The average Bonchev–Trinajstić information content (AvgIpc) is 3.16. The number of fused-ring (bicyclic) bond motifs is 1. The number of nitrogens with one attached hydrogen (secondary N) is 1. The maximum atomic E-state index is 12.7. The molecule has 2 aliphatic rings. The van der Waals surface area contributed by atoms with Crippen molar-refractivity contribution in [3.05, 3.63) is 47.8 Å². The number of nitrogens with zero attached hydrogens (tertiary/aromatic N) is 4. The Balaban J connectivity index is 1.33. The molecule has 6 heteroatoms. The summed E-state index contributed by atoms with van der Waals surface area (Å²) in [5, 5.41) is 3.09. The molecule has 1 aromatic heterocycles. The van der Waals surface area contributed by atoms with E-state index in [0.717, 1.165) is 50.7 Å². The Morgan fingerprint density at radius 1 is 1.08 bits per heavy atom. The molecule has 0 saturated carbocycles. The van der Waals surface area contributed by atoms with Crippen LogP contribution in [0.3, 0.4) is 0 Å². The van der Waals surface area contributed by atoms with Gasteiger partial charge in [-0.2, -0.15) is 0 Å². The molecule has 1 N–H and O–H groups in total. The molecule has 1 amide bonds. The van der Waals surface area contributed by atoms with Crippen LogP contribution in [0.1, 0.15) is 24.5 Å². The predicted octanol–water partition coefficient (Wildman–Crippen LogP) is 2.11. The summed E-state index contributed by atoms with van der Waals surface area (Å²) in [4.78, 5) is 25.7. The van der Waals surface area contributed by atoms with Crippen LogP contribution in [0.2, 0.25) is 0 Å². The highest BCUT2D eigenvalue weighted by atomic mass is 16.2. The monoisotopic (exact) mass is 351 g/mol. The van der Waals surface area contributed by atoms with Gasteiger partial charge < -0.3 is 10.2 Å². The SMILES string of the molecule is C[C@H](C(=O)Nc1ccc2c(c1)CCC2)N1CCN(c2ncccn2)CC1. The first-order chi connectivity index (χ1) is 12.7. The molecule has 2 aromatic rings. The number of aryl methyl sites for hydroxylation is 2. The Labute approximate surface area is 154 Å². The van der Waals surface area contributed by atoms with Crippen molar-refractivity contribution in [1.82, 2.24) is 14.9 Å². The lowest BCUT2D eigenvalue weighted by Gasteiger charge is -2.37. The van der Waals surface area contributed by atoms with Gasteiger partial charge in [0, 0.05) is 44.3 Å². The van der Waals surface area contributed by atoms with Crippen molar-refractivity contribution in [3.8, 4) is 0 Å². The molecule has 1 aliphatic carbocycles. The van der Waals surface area contributed by atoms with Gasteiger partial charge in [-0.25, -0.2) is 9.97 Å². The minimum Gasteiger partial charge on any atom is -0.338 e. The van der Waals surface area contributed by atoms with E-state index in [4.69, 9.17) is 0 Å². The molecule has 0 spiro atoms. The Kier molecular flexibility index (Phi) is 4.84. The number of piperazine rings is 1. The van der Waals surface area contributed by atoms with Crippen LogP contribution in [0.15, 0.2) is 36.7 Å². The van der Waals surface area contributed by atoms with E-state index in [1.807, 2.05) is 19.1 Å². The quantitative estimate of drug-likeness (QED) is 0.914. The van der Waals surface area contributed by atoms with E-state index in [2.05, 4.69) is 37.2 Å². The summed E-state index contributed by atoms with van der Waals surface area (Å²) in [6.45, 7) is 5.31. The number of amides is 1. The Morgan fingerprint density at radius 3 is 2.58 bits per heavy atom. The molecular weight excluding hydrogens is 326 g/mol. The highest BCUT2D eigenvalue weighted by Crippen LogP contribution is 2.25. The topological polar surface area (TPSA) is 61.4 Å². The minimum absolute atomic E-state index is 0.0624. The maximum absolute atomic E-state index is 12.7. The number of hydrogen-bond donors (Lipinski definition) is 1. The van der Waals surface area contributed by atoms with Crippen LogP contribution in [-0.4, -0.2) is 53.0 Å². The van der Waals surface area contributed by atoms with Crippen molar-refractivity contribution in [2.45, 2.75) is 32.2 Å². The van der Waals surface area contributed by atoms with Gasteiger partial charge in [0.2, 0.25) is 11.9 Å². The molecule has 4 rings (SSSR count). The van der Waals surface area contributed by atoms with E-state index in [1.54, 1.807) is 12.4 Å². The third-order valence-electron chi connectivity index (χ3n) is 5.44. The second-order valence-electron chi connectivity index (χ2n) is 7.07. The standard InChI is InChI=1S/C20H25N5O/c1-15(19(26)23-18-7-6-16-4-2-5-17(16)14-18)24-10-12-25(13-11-24)20-21-8-3-9-22-20/h3,6-9,14-15H,2,4-5,10-13H2,1H3,(H,23,26)/t15-/m1/s1. The number of hydrogen-bond acceptors (Lipinski definition) is 5. The smallest absolute Gasteiger partial charge is 0.241 e. The highest BCUT2D eigenvalue weighted by molar-refractivity contribution is 5.94. The van der Waals surface area contributed by atoms with E-state index < -0.39 is 0 Å². The summed E-state index contributed by atoms with van der Waals surface area (Å²) in [6.07, 6.45) is 7.04. The lowest BCUT2D eigenvalue weighted by Crippen LogP contribution is -2.53. The number of anilines is 2. The van der Waals surface area contributed by atoms with Crippen LogP contribution in [-0.2, 0) is 17.6 Å². The number of carbonyl (C=O) groups excluding carboxylic acids is 1. The summed E-state index contributed by atoms with van der Waals surface area (Å²) in [7, 11) is 0. The normalized spacial score (nSPS) is 18.4. The average molecular weight is 351 g/mol. The summed E-state index contributed by atoms with van der Waals surface area (Å²) in [5.74, 6) is 0.828. The molecule has 1 aliphatic heterocycles. The first-order valence-corrected chi connectivity index (χ1v) is 9.39. The molecule has 136 valence electrons. The first kappa shape index (κ1) is 17.0. The van der Waals surface area contributed by atoms with Crippen LogP contribution in [0.5, 0.6) is 0 Å². The van der Waals surface area contributed by atoms with Gasteiger partial charge in [0.15, 0.2) is 0 Å². The highest BCUT2D eigenvalue weighted by Gasteiger charge is 2.26. The maximum Gasteiger partial charge on any atom is 0.241 e. The number of aromatic nitrogens is 2. The fourth-order valence-corrected chi connectivity index (χ4v) is 3.83. The lowest BCUT2D eigenvalue weighted by atomic mass is 10.1. The molecule has 0 unspecified atom stereocenters. The van der Waals surface area contributed by atoms with Gasteiger partial charge in [-0.15, -0.1) is 0 Å². The van der Waals surface area contributed by atoms with Crippen molar-refractivity contribution in [2.75, 3.05) is 36.4 Å². The number of carbonyl (C=O) groups is 1. The van der Waals surface area contributed by atoms with Crippen LogP contribution in [0, 0.1) is 0 Å². The van der Waals surface area contributed by atoms with Gasteiger partial charge in [-0.1, -0.05) is 6.07 Å². The molecule has 1 fully saturated rings. The van der Waals surface area contributed by atoms with E-state index >= 15 is 0 Å². The summed E-state index contributed by atoms with van der Waals surface area (Å²) >= 11 is 0.